The van der Waals surface area contributed by atoms with Crippen molar-refractivity contribution in [2.45, 2.75) is 66.0 Å². The second-order valence-electron chi connectivity index (χ2n) is 8.20. The Hall–Kier alpha value is -2.61. The number of benzene rings is 1. The van der Waals surface area contributed by atoms with E-state index in [1.807, 2.05) is 19.9 Å². The van der Waals surface area contributed by atoms with Crippen molar-refractivity contribution < 1.29 is 0 Å². The Morgan fingerprint density at radius 2 is 1.77 bits per heavy atom. The second-order valence-corrected chi connectivity index (χ2v) is 8.20. The number of nitriles is 1. The van der Waals surface area contributed by atoms with Crippen molar-refractivity contribution in [3.63, 3.8) is 0 Å². The molecule has 5 nitrogen and oxygen atoms in total. The summed E-state index contributed by atoms with van der Waals surface area (Å²) in [5.74, 6) is 0. The maximum Gasteiger partial charge on any atom is 0.331 e. The maximum atomic E-state index is 12.8. The van der Waals surface area contributed by atoms with Crippen molar-refractivity contribution in [1.29, 1.82) is 5.26 Å². The Bertz CT molecular complexity index is 1020. The fourth-order valence-corrected chi connectivity index (χ4v) is 3.72. The lowest BCUT2D eigenvalue weighted by Crippen LogP contribution is -2.42. The average molecular weight is 351 g/mol. The normalized spacial score (nSPS) is 13.5. The van der Waals surface area contributed by atoms with Gasteiger partial charge in [0.25, 0.3) is 5.56 Å². The SMILES string of the molecule is Cc1cc(C(C)(C)C)cc(C)c1Cn1c(=O)c(C#N)c2n(c1=O)CCC2. The van der Waals surface area contributed by atoms with Gasteiger partial charge < -0.3 is 0 Å². The topological polar surface area (TPSA) is 67.8 Å². The molecule has 1 aliphatic heterocycles. The minimum Gasteiger partial charge on any atom is -0.296 e. The summed E-state index contributed by atoms with van der Waals surface area (Å²) in [6, 6.07) is 6.27. The highest BCUT2D eigenvalue weighted by Gasteiger charge is 2.23. The predicted octanol–water partition coefficient (Wildman–Crippen LogP) is 2.79. The van der Waals surface area contributed by atoms with Crippen LogP contribution in [0.1, 0.15) is 60.7 Å². The first kappa shape index (κ1) is 18.2. The van der Waals surface area contributed by atoms with Crippen molar-refractivity contribution in [3.05, 3.63) is 66.5 Å². The zero-order chi connectivity index (χ0) is 19.2. The van der Waals surface area contributed by atoms with E-state index in [9.17, 15) is 14.9 Å². The van der Waals surface area contributed by atoms with E-state index >= 15 is 0 Å². The monoisotopic (exact) mass is 351 g/mol. The largest absolute Gasteiger partial charge is 0.331 e. The van der Waals surface area contributed by atoms with Gasteiger partial charge in [0, 0.05) is 12.2 Å². The number of nitrogens with zero attached hydrogens (tertiary/aromatic N) is 3. The summed E-state index contributed by atoms with van der Waals surface area (Å²) in [5.41, 5.74) is 4.29. The maximum absolute atomic E-state index is 12.8. The van der Waals surface area contributed by atoms with Crippen LogP contribution in [0.5, 0.6) is 0 Å². The third kappa shape index (κ3) is 2.90. The fourth-order valence-electron chi connectivity index (χ4n) is 3.72. The third-order valence-electron chi connectivity index (χ3n) is 5.32. The van der Waals surface area contributed by atoms with Crippen molar-refractivity contribution in [1.82, 2.24) is 9.13 Å². The lowest BCUT2D eigenvalue weighted by atomic mass is 9.84. The van der Waals surface area contributed by atoms with E-state index in [1.54, 1.807) is 4.57 Å². The fraction of sp³-hybridized carbons (Fsp3) is 0.476. The van der Waals surface area contributed by atoms with E-state index in [2.05, 4.69) is 32.9 Å². The average Bonchev–Trinajstić information content (AvgIpc) is 3.02. The van der Waals surface area contributed by atoms with Crippen molar-refractivity contribution in [3.8, 4) is 6.07 Å². The molecular formula is C21H25N3O2. The molecule has 0 amide bonds. The van der Waals surface area contributed by atoms with E-state index in [1.165, 1.54) is 10.1 Å². The molecule has 0 saturated carbocycles. The number of hydrogen-bond donors (Lipinski definition) is 0. The second kappa shape index (κ2) is 6.28. The van der Waals surface area contributed by atoms with Gasteiger partial charge in [-0.15, -0.1) is 0 Å². The van der Waals surface area contributed by atoms with Gasteiger partial charge in [-0.25, -0.2) is 4.79 Å². The number of aromatic nitrogens is 2. The highest BCUT2D eigenvalue weighted by Crippen LogP contribution is 2.27. The van der Waals surface area contributed by atoms with Crippen LogP contribution >= 0.6 is 0 Å². The first-order chi connectivity index (χ1) is 12.1. The van der Waals surface area contributed by atoms with E-state index in [4.69, 9.17) is 0 Å². The van der Waals surface area contributed by atoms with Crippen molar-refractivity contribution >= 4 is 0 Å². The van der Waals surface area contributed by atoms with Gasteiger partial charge in [0.2, 0.25) is 0 Å². The molecule has 1 aliphatic rings. The number of hydrogen-bond acceptors (Lipinski definition) is 3. The van der Waals surface area contributed by atoms with Gasteiger partial charge in [0.15, 0.2) is 0 Å². The van der Waals surface area contributed by atoms with Crippen LogP contribution in [0.15, 0.2) is 21.7 Å². The zero-order valence-electron chi connectivity index (χ0n) is 16.1. The molecule has 1 aromatic heterocycles. The first-order valence-corrected chi connectivity index (χ1v) is 9.02. The van der Waals surface area contributed by atoms with Gasteiger partial charge >= 0.3 is 5.69 Å². The summed E-state index contributed by atoms with van der Waals surface area (Å²) in [5, 5.41) is 9.42. The summed E-state index contributed by atoms with van der Waals surface area (Å²) in [4.78, 5) is 25.6. The number of aryl methyl sites for hydroxylation is 2. The van der Waals surface area contributed by atoms with Gasteiger partial charge in [-0.05, 0) is 54.4 Å². The lowest BCUT2D eigenvalue weighted by molar-refractivity contribution is 0.584. The van der Waals surface area contributed by atoms with E-state index in [0.717, 1.165) is 23.1 Å². The Labute approximate surface area is 153 Å². The molecule has 0 aliphatic carbocycles. The molecule has 2 heterocycles. The molecule has 0 saturated heterocycles. The van der Waals surface area contributed by atoms with Crippen LogP contribution in [0.3, 0.4) is 0 Å². The molecular weight excluding hydrogens is 326 g/mol. The Balaban J connectivity index is 2.16. The molecule has 3 rings (SSSR count). The lowest BCUT2D eigenvalue weighted by Gasteiger charge is -2.22. The minimum atomic E-state index is -0.468. The standard InChI is InChI=1S/C21H25N3O2/c1-13-9-15(21(3,4)5)10-14(2)17(13)12-24-19(25)16(11-22)18-7-6-8-23(18)20(24)26/h9-10H,6-8,12H2,1-5H3. The smallest absolute Gasteiger partial charge is 0.296 e. The highest BCUT2D eigenvalue weighted by molar-refractivity contribution is 5.41. The molecule has 5 heteroatoms. The molecule has 0 fully saturated rings. The molecule has 136 valence electrons. The Morgan fingerprint density at radius 1 is 1.15 bits per heavy atom. The van der Waals surface area contributed by atoms with E-state index in [-0.39, 0.29) is 23.2 Å². The molecule has 1 aromatic carbocycles. The molecule has 26 heavy (non-hydrogen) atoms. The molecule has 0 N–H and O–H groups in total. The molecule has 0 spiro atoms. The molecule has 2 aromatic rings. The van der Waals surface area contributed by atoms with Crippen LogP contribution in [-0.2, 0) is 24.9 Å². The van der Waals surface area contributed by atoms with Crippen LogP contribution in [-0.4, -0.2) is 9.13 Å². The summed E-state index contributed by atoms with van der Waals surface area (Å²) in [7, 11) is 0. The molecule has 0 bridgehead atoms. The van der Waals surface area contributed by atoms with Crippen LogP contribution in [0.25, 0.3) is 0 Å². The van der Waals surface area contributed by atoms with Gasteiger partial charge in [-0.3, -0.25) is 13.9 Å². The molecule has 0 radical (unpaired) electrons. The molecule has 0 unspecified atom stereocenters. The number of fused-ring (bicyclic) bond motifs is 1. The highest BCUT2D eigenvalue weighted by atomic mass is 16.2. The minimum absolute atomic E-state index is 0.0337. The van der Waals surface area contributed by atoms with Crippen LogP contribution in [0.2, 0.25) is 0 Å². The Morgan fingerprint density at radius 3 is 2.31 bits per heavy atom. The Kier molecular flexibility index (Phi) is 4.39. The summed E-state index contributed by atoms with van der Waals surface area (Å²) < 4.78 is 2.81. The molecule has 0 atom stereocenters. The van der Waals surface area contributed by atoms with Crippen LogP contribution in [0.4, 0.5) is 0 Å². The number of rotatable bonds is 2. The quantitative estimate of drug-likeness (QED) is 0.835. The predicted molar refractivity (Wildman–Crippen MR) is 102 cm³/mol. The first-order valence-electron chi connectivity index (χ1n) is 9.02. The van der Waals surface area contributed by atoms with E-state index < -0.39 is 5.56 Å². The van der Waals surface area contributed by atoms with Gasteiger partial charge in [-0.1, -0.05) is 32.9 Å². The summed E-state index contributed by atoms with van der Waals surface area (Å²) >= 11 is 0. The van der Waals surface area contributed by atoms with E-state index in [0.29, 0.717) is 18.7 Å². The zero-order valence-corrected chi connectivity index (χ0v) is 16.1. The van der Waals surface area contributed by atoms with Gasteiger partial charge in [0.05, 0.1) is 6.54 Å². The van der Waals surface area contributed by atoms with Gasteiger partial charge in [0.1, 0.15) is 11.6 Å². The van der Waals surface area contributed by atoms with Crippen LogP contribution < -0.4 is 11.2 Å². The van der Waals surface area contributed by atoms with Crippen molar-refractivity contribution in [2.75, 3.05) is 0 Å². The van der Waals surface area contributed by atoms with Crippen molar-refractivity contribution in [2.24, 2.45) is 0 Å². The van der Waals surface area contributed by atoms with Gasteiger partial charge in [-0.2, -0.15) is 5.26 Å². The summed E-state index contributed by atoms with van der Waals surface area (Å²) in [6.07, 6.45) is 1.41. The van der Waals surface area contributed by atoms with Crippen LogP contribution in [0, 0.1) is 25.2 Å². The summed E-state index contributed by atoms with van der Waals surface area (Å²) in [6.45, 7) is 11.3. The third-order valence-corrected chi connectivity index (χ3v) is 5.32.